The number of nitrogens with zero attached hydrogens (tertiary/aromatic N) is 1. The van der Waals surface area contributed by atoms with E-state index in [1.165, 1.54) is 6.07 Å². The molecule has 0 bridgehead atoms. The van der Waals surface area contributed by atoms with Crippen molar-refractivity contribution >= 4 is 32.5 Å². The van der Waals surface area contributed by atoms with Gasteiger partial charge >= 0.3 is 0 Å². The number of rotatable bonds is 10. The van der Waals surface area contributed by atoms with Crippen LogP contribution in [0.4, 0.5) is 5.69 Å². The molecule has 0 atom stereocenters. The maximum absolute atomic E-state index is 12.4. The number of para-hydroxylation sites is 1. The minimum absolute atomic E-state index is 0.0373. The number of benzene rings is 2. The smallest absolute Gasteiger partial charge is 0.251 e. The molecule has 0 saturated heterocycles. The number of sulfonamides is 1. The average Bonchev–Trinajstić information content (AvgIpc) is 2.73. The molecule has 0 aliphatic heterocycles. The van der Waals surface area contributed by atoms with Crippen molar-refractivity contribution in [3.8, 4) is 5.75 Å². The summed E-state index contributed by atoms with van der Waals surface area (Å²) in [6.07, 6.45) is 2.87. The summed E-state index contributed by atoms with van der Waals surface area (Å²) in [5.41, 5.74) is 1.58. The zero-order valence-corrected chi connectivity index (χ0v) is 17.6. The number of fused-ring (bicyclic) bond motifs is 1. The van der Waals surface area contributed by atoms with Crippen molar-refractivity contribution in [1.29, 1.82) is 0 Å². The van der Waals surface area contributed by atoms with E-state index in [4.69, 9.17) is 4.74 Å². The molecular weight excluding hydrogens is 402 g/mol. The van der Waals surface area contributed by atoms with Crippen LogP contribution in [0.15, 0.2) is 60.8 Å². The van der Waals surface area contributed by atoms with E-state index in [1.54, 1.807) is 31.3 Å². The molecule has 8 heteroatoms. The summed E-state index contributed by atoms with van der Waals surface area (Å²) in [6, 6.07) is 16.1. The van der Waals surface area contributed by atoms with Gasteiger partial charge in [0.05, 0.1) is 12.4 Å². The lowest BCUT2D eigenvalue weighted by atomic mass is 10.2. The Labute approximate surface area is 176 Å². The summed E-state index contributed by atoms with van der Waals surface area (Å²) in [6.45, 7) is 2.67. The van der Waals surface area contributed by atoms with Crippen molar-refractivity contribution in [2.75, 3.05) is 23.6 Å². The van der Waals surface area contributed by atoms with E-state index in [0.717, 1.165) is 10.9 Å². The van der Waals surface area contributed by atoms with Crippen molar-refractivity contribution in [3.05, 3.63) is 66.4 Å². The first kappa shape index (κ1) is 21.6. The molecule has 1 heterocycles. The maximum atomic E-state index is 12.4. The van der Waals surface area contributed by atoms with Crippen molar-refractivity contribution in [2.24, 2.45) is 0 Å². The Kier molecular flexibility index (Phi) is 7.24. The molecule has 0 saturated carbocycles. The number of anilines is 1. The molecular formula is C22H25N3O4S. The highest BCUT2D eigenvalue weighted by Gasteiger charge is 2.11. The highest BCUT2D eigenvalue weighted by atomic mass is 32.2. The van der Waals surface area contributed by atoms with E-state index in [2.05, 4.69) is 15.0 Å². The summed E-state index contributed by atoms with van der Waals surface area (Å²) in [5, 5.41) is 3.84. The molecule has 0 fully saturated rings. The highest BCUT2D eigenvalue weighted by molar-refractivity contribution is 7.92. The third-order valence-corrected chi connectivity index (χ3v) is 5.82. The molecule has 30 heavy (non-hydrogen) atoms. The monoisotopic (exact) mass is 427 g/mol. The normalized spacial score (nSPS) is 11.2. The number of hydrogen-bond donors (Lipinski definition) is 2. The second-order valence-electron chi connectivity index (χ2n) is 6.79. The Hall–Kier alpha value is -3.13. The molecule has 3 aromatic rings. The first-order valence-corrected chi connectivity index (χ1v) is 11.5. The van der Waals surface area contributed by atoms with Crippen LogP contribution in [0, 0.1) is 0 Å². The Balaban J connectivity index is 1.48. The van der Waals surface area contributed by atoms with Crippen molar-refractivity contribution in [1.82, 2.24) is 10.3 Å². The number of ether oxygens (including phenoxy) is 1. The van der Waals surface area contributed by atoms with Gasteiger partial charge in [-0.15, -0.1) is 0 Å². The fraction of sp³-hybridized carbons (Fsp3) is 0.273. The molecule has 3 rings (SSSR count). The molecule has 1 amide bonds. The van der Waals surface area contributed by atoms with Crippen molar-refractivity contribution in [2.45, 2.75) is 19.8 Å². The van der Waals surface area contributed by atoms with Gasteiger partial charge in [0.25, 0.3) is 5.91 Å². The van der Waals surface area contributed by atoms with Crippen LogP contribution in [-0.4, -0.2) is 38.2 Å². The van der Waals surface area contributed by atoms with Gasteiger partial charge in [0.15, 0.2) is 0 Å². The van der Waals surface area contributed by atoms with Crippen LogP contribution >= 0.6 is 0 Å². The summed E-state index contributed by atoms with van der Waals surface area (Å²) < 4.78 is 32.1. The number of aromatic nitrogens is 1. The lowest BCUT2D eigenvalue weighted by Crippen LogP contribution is -2.25. The predicted octanol–water partition coefficient (Wildman–Crippen LogP) is 3.59. The second-order valence-corrected chi connectivity index (χ2v) is 8.63. The third-order valence-electron chi connectivity index (χ3n) is 4.33. The zero-order valence-electron chi connectivity index (χ0n) is 16.8. The summed E-state index contributed by atoms with van der Waals surface area (Å²) in [4.78, 5) is 16.7. The van der Waals surface area contributed by atoms with Gasteiger partial charge in [0.1, 0.15) is 11.3 Å². The standard InChI is InChI=1S/C22H25N3O4S/c1-2-15-30(27,28)25-19-10-3-8-18(16-19)22(26)24-13-6-14-29-20-11-4-7-17-9-5-12-23-21(17)20/h3-5,7-12,16,25H,2,6,13-15H2,1H3,(H,24,26). The largest absolute Gasteiger partial charge is 0.491 e. The number of hydrogen-bond acceptors (Lipinski definition) is 5. The van der Waals surface area contributed by atoms with E-state index < -0.39 is 10.0 Å². The van der Waals surface area contributed by atoms with Gasteiger partial charge in [0.2, 0.25) is 10.0 Å². The van der Waals surface area contributed by atoms with E-state index in [0.29, 0.717) is 43.0 Å². The fourth-order valence-corrected chi connectivity index (χ4v) is 4.10. The van der Waals surface area contributed by atoms with Crippen LogP contribution in [0.5, 0.6) is 5.75 Å². The first-order chi connectivity index (χ1) is 14.5. The van der Waals surface area contributed by atoms with Crippen molar-refractivity contribution < 1.29 is 17.9 Å². The van der Waals surface area contributed by atoms with E-state index in [9.17, 15) is 13.2 Å². The molecule has 0 aliphatic carbocycles. The lowest BCUT2D eigenvalue weighted by molar-refractivity contribution is 0.0951. The minimum Gasteiger partial charge on any atom is -0.491 e. The Bertz CT molecular complexity index is 1110. The molecule has 0 radical (unpaired) electrons. The van der Waals surface area contributed by atoms with Crippen LogP contribution in [0.2, 0.25) is 0 Å². The SMILES string of the molecule is CCCS(=O)(=O)Nc1cccc(C(=O)NCCCOc2cccc3cccnc23)c1. The average molecular weight is 428 g/mol. The molecule has 0 aliphatic rings. The van der Waals surface area contributed by atoms with Crippen LogP contribution in [0.1, 0.15) is 30.1 Å². The number of nitrogens with one attached hydrogen (secondary N) is 2. The summed E-state index contributed by atoms with van der Waals surface area (Å²) in [5.74, 6) is 0.486. The Morgan fingerprint density at radius 1 is 1.10 bits per heavy atom. The molecule has 158 valence electrons. The molecule has 0 unspecified atom stereocenters. The maximum Gasteiger partial charge on any atom is 0.251 e. The highest BCUT2D eigenvalue weighted by Crippen LogP contribution is 2.22. The van der Waals surface area contributed by atoms with Gasteiger partial charge in [-0.2, -0.15) is 0 Å². The number of carbonyl (C=O) groups is 1. The van der Waals surface area contributed by atoms with Crippen LogP contribution in [0.3, 0.4) is 0 Å². The Morgan fingerprint density at radius 3 is 2.73 bits per heavy atom. The Morgan fingerprint density at radius 2 is 1.90 bits per heavy atom. The molecule has 2 aromatic carbocycles. The molecule has 7 nitrogen and oxygen atoms in total. The summed E-state index contributed by atoms with van der Waals surface area (Å²) >= 11 is 0. The molecule has 0 spiro atoms. The topological polar surface area (TPSA) is 97.4 Å². The zero-order chi connectivity index (χ0) is 21.4. The van der Waals surface area contributed by atoms with E-state index in [1.807, 2.05) is 30.3 Å². The number of pyridine rings is 1. The van der Waals surface area contributed by atoms with Gasteiger partial charge in [0, 0.05) is 29.4 Å². The van der Waals surface area contributed by atoms with Crippen LogP contribution in [-0.2, 0) is 10.0 Å². The van der Waals surface area contributed by atoms with Gasteiger partial charge in [-0.05, 0) is 43.2 Å². The third kappa shape index (κ3) is 5.93. The van der Waals surface area contributed by atoms with Gasteiger partial charge in [-0.3, -0.25) is 14.5 Å². The van der Waals surface area contributed by atoms with Crippen LogP contribution in [0.25, 0.3) is 10.9 Å². The van der Waals surface area contributed by atoms with Crippen molar-refractivity contribution in [3.63, 3.8) is 0 Å². The fourth-order valence-electron chi connectivity index (χ4n) is 2.97. The quantitative estimate of drug-likeness (QED) is 0.482. The number of carbonyl (C=O) groups excluding carboxylic acids is 1. The van der Waals surface area contributed by atoms with Crippen LogP contribution < -0.4 is 14.8 Å². The van der Waals surface area contributed by atoms with Gasteiger partial charge < -0.3 is 10.1 Å². The lowest BCUT2D eigenvalue weighted by Gasteiger charge is -2.10. The number of amides is 1. The van der Waals surface area contributed by atoms with Gasteiger partial charge in [-0.1, -0.05) is 31.2 Å². The van der Waals surface area contributed by atoms with E-state index in [-0.39, 0.29) is 11.7 Å². The second kappa shape index (κ2) is 10.1. The predicted molar refractivity (Wildman–Crippen MR) is 118 cm³/mol. The van der Waals surface area contributed by atoms with E-state index >= 15 is 0 Å². The molecule has 2 N–H and O–H groups in total. The summed E-state index contributed by atoms with van der Waals surface area (Å²) in [7, 11) is -3.40. The minimum atomic E-state index is -3.40. The first-order valence-electron chi connectivity index (χ1n) is 9.84. The molecule has 1 aromatic heterocycles. The van der Waals surface area contributed by atoms with Gasteiger partial charge in [-0.25, -0.2) is 8.42 Å².